The molecule has 0 saturated heterocycles. The molecule has 3 heterocycles. The average molecular weight is 344 g/mol. The van der Waals surface area contributed by atoms with Gasteiger partial charge in [-0.2, -0.15) is 0 Å². The van der Waals surface area contributed by atoms with Gasteiger partial charge < -0.3 is 9.72 Å². The quantitative estimate of drug-likeness (QED) is 0.770. The van der Waals surface area contributed by atoms with E-state index in [9.17, 15) is 4.79 Å². The second kappa shape index (κ2) is 6.70. The Balaban J connectivity index is 1.80. The van der Waals surface area contributed by atoms with Crippen LogP contribution in [0.5, 0.6) is 5.75 Å². The first kappa shape index (κ1) is 16.6. The van der Waals surface area contributed by atoms with E-state index in [1.165, 1.54) is 11.3 Å². The van der Waals surface area contributed by atoms with Gasteiger partial charge in [0.05, 0.1) is 24.9 Å². The Bertz CT molecular complexity index is 932. The molecule has 126 valence electrons. The van der Waals surface area contributed by atoms with Gasteiger partial charge in [0, 0.05) is 23.9 Å². The molecule has 24 heavy (non-hydrogen) atoms. The van der Waals surface area contributed by atoms with Crippen molar-refractivity contribution < 1.29 is 4.74 Å². The van der Waals surface area contributed by atoms with Gasteiger partial charge in [0.1, 0.15) is 16.3 Å². The predicted molar refractivity (Wildman–Crippen MR) is 95.7 cm³/mol. The first-order valence-corrected chi connectivity index (χ1v) is 8.51. The topological polar surface area (TPSA) is 71.1 Å². The highest BCUT2D eigenvalue weighted by Gasteiger charge is 2.13. The van der Waals surface area contributed by atoms with E-state index in [1.54, 1.807) is 7.11 Å². The Morgan fingerprint density at radius 1 is 1.33 bits per heavy atom. The molecule has 0 aliphatic heterocycles. The maximum atomic E-state index is 12.0. The van der Waals surface area contributed by atoms with E-state index in [-0.39, 0.29) is 5.56 Å². The number of hydrogen-bond donors (Lipinski definition) is 1. The molecule has 6 nitrogen and oxygen atoms in total. The van der Waals surface area contributed by atoms with Crippen molar-refractivity contribution in [3.8, 4) is 5.75 Å². The highest BCUT2D eigenvalue weighted by molar-refractivity contribution is 7.17. The number of aryl methyl sites for hydroxylation is 1. The van der Waals surface area contributed by atoms with Crippen LogP contribution in [-0.2, 0) is 13.1 Å². The molecule has 0 bridgehead atoms. The number of fused-ring (bicyclic) bond motifs is 1. The second-order valence-electron chi connectivity index (χ2n) is 5.87. The normalized spacial score (nSPS) is 11.4. The maximum Gasteiger partial charge on any atom is 0.268 e. The third-order valence-corrected chi connectivity index (χ3v) is 4.86. The van der Waals surface area contributed by atoms with Gasteiger partial charge in [-0.15, -0.1) is 11.3 Å². The standard InChI is InChI=1S/C17H20N4O2S/c1-10-7-18-13(11(2)15(10)23-4)8-21(3)9-14-19-12-5-6-24-16(12)17(22)20-14/h5-7H,8-9H2,1-4H3,(H,19,20,22). The van der Waals surface area contributed by atoms with Crippen LogP contribution in [0.3, 0.4) is 0 Å². The van der Waals surface area contributed by atoms with Crippen molar-refractivity contribution in [2.24, 2.45) is 0 Å². The number of thiophene rings is 1. The zero-order valence-corrected chi connectivity index (χ0v) is 15.0. The zero-order chi connectivity index (χ0) is 17.3. The average Bonchev–Trinajstić information content (AvgIpc) is 2.99. The van der Waals surface area contributed by atoms with Crippen molar-refractivity contribution in [3.05, 3.63) is 50.6 Å². The summed E-state index contributed by atoms with van der Waals surface area (Å²) in [6.07, 6.45) is 1.83. The molecule has 0 aliphatic rings. The largest absolute Gasteiger partial charge is 0.496 e. The number of ether oxygens (including phenoxy) is 1. The van der Waals surface area contributed by atoms with Crippen molar-refractivity contribution in [3.63, 3.8) is 0 Å². The maximum absolute atomic E-state index is 12.0. The monoisotopic (exact) mass is 344 g/mol. The lowest BCUT2D eigenvalue weighted by molar-refractivity contribution is 0.305. The fraction of sp³-hybridized carbons (Fsp3) is 0.353. The minimum Gasteiger partial charge on any atom is -0.496 e. The number of nitrogens with zero attached hydrogens (tertiary/aromatic N) is 3. The minimum atomic E-state index is -0.0790. The van der Waals surface area contributed by atoms with Gasteiger partial charge in [0.2, 0.25) is 0 Å². The molecule has 0 fully saturated rings. The number of nitrogens with one attached hydrogen (secondary N) is 1. The molecule has 0 aliphatic carbocycles. The van der Waals surface area contributed by atoms with Crippen molar-refractivity contribution in [2.45, 2.75) is 26.9 Å². The lowest BCUT2D eigenvalue weighted by atomic mass is 10.1. The van der Waals surface area contributed by atoms with Gasteiger partial charge in [0.25, 0.3) is 5.56 Å². The van der Waals surface area contributed by atoms with Crippen LogP contribution in [0.2, 0.25) is 0 Å². The summed E-state index contributed by atoms with van der Waals surface area (Å²) in [6.45, 7) is 5.18. The Morgan fingerprint density at radius 3 is 2.88 bits per heavy atom. The van der Waals surface area contributed by atoms with Gasteiger partial charge in [0.15, 0.2) is 0 Å². The van der Waals surface area contributed by atoms with Crippen LogP contribution < -0.4 is 10.3 Å². The second-order valence-corrected chi connectivity index (χ2v) is 6.78. The van der Waals surface area contributed by atoms with E-state index >= 15 is 0 Å². The first-order valence-electron chi connectivity index (χ1n) is 7.63. The van der Waals surface area contributed by atoms with Crippen LogP contribution in [0.25, 0.3) is 10.2 Å². The number of hydrogen-bond acceptors (Lipinski definition) is 6. The number of H-pyrrole nitrogens is 1. The van der Waals surface area contributed by atoms with Crippen molar-refractivity contribution in [1.82, 2.24) is 19.9 Å². The van der Waals surface area contributed by atoms with E-state index in [1.807, 2.05) is 38.5 Å². The molecular formula is C17H20N4O2S. The van der Waals surface area contributed by atoms with Crippen molar-refractivity contribution >= 4 is 21.6 Å². The summed E-state index contributed by atoms with van der Waals surface area (Å²) < 4.78 is 6.12. The Morgan fingerprint density at radius 2 is 2.12 bits per heavy atom. The fourth-order valence-electron chi connectivity index (χ4n) is 2.79. The molecule has 3 rings (SSSR count). The summed E-state index contributed by atoms with van der Waals surface area (Å²) in [6, 6.07) is 1.87. The van der Waals surface area contributed by atoms with E-state index < -0.39 is 0 Å². The van der Waals surface area contributed by atoms with E-state index in [4.69, 9.17) is 4.74 Å². The van der Waals surface area contributed by atoms with E-state index in [2.05, 4.69) is 19.9 Å². The summed E-state index contributed by atoms with van der Waals surface area (Å²) in [5, 5.41) is 1.88. The number of aromatic nitrogens is 3. The third kappa shape index (κ3) is 3.18. The van der Waals surface area contributed by atoms with Crippen molar-refractivity contribution in [2.75, 3.05) is 14.2 Å². The molecule has 3 aromatic rings. The SMILES string of the molecule is COc1c(C)cnc(CN(C)Cc2nc3ccsc3c(=O)[nH]2)c1C. The minimum absolute atomic E-state index is 0.0790. The summed E-state index contributed by atoms with van der Waals surface area (Å²) >= 11 is 1.41. The van der Waals surface area contributed by atoms with Crippen LogP contribution in [0.1, 0.15) is 22.6 Å². The Labute approximate surface area is 144 Å². The molecule has 0 radical (unpaired) electrons. The lowest BCUT2D eigenvalue weighted by Crippen LogP contribution is -2.22. The van der Waals surface area contributed by atoms with Gasteiger partial charge in [-0.1, -0.05) is 0 Å². The van der Waals surface area contributed by atoms with E-state index in [0.717, 1.165) is 28.1 Å². The summed E-state index contributed by atoms with van der Waals surface area (Å²) in [5.74, 6) is 1.53. The lowest BCUT2D eigenvalue weighted by Gasteiger charge is -2.18. The molecule has 0 spiro atoms. The number of pyridine rings is 1. The highest BCUT2D eigenvalue weighted by atomic mass is 32.1. The number of methoxy groups -OCH3 is 1. The van der Waals surface area contributed by atoms with Crippen LogP contribution >= 0.6 is 11.3 Å². The summed E-state index contributed by atoms with van der Waals surface area (Å²) in [5.41, 5.74) is 3.69. The number of rotatable bonds is 5. The van der Waals surface area contributed by atoms with Gasteiger partial charge in [-0.05, 0) is 32.3 Å². The highest BCUT2D eigenvalue weighted by Crippen LogP contribution is 2.24. The molecule has 1 N–H and O–H groups in total. The third-order valence-electron chi connectivity index (χ3n) is 3.95. The summed E-state index contributed by atoms with van der Waals surface area (Å²) in [4.78, 5) is 26.0. The smallest absolute Gasteiger partial charge is 0.268 e. The van der Waals surface area contributed by atoms with Crippen LogP contribution in [0.4, 0.5) is 0 Å². The van der Waals surface area contributed by atoms with Gasteiger partial charge in [-0.3, -0.25) is 14.7 Å². The predicted octanol–water partition coefficient (Wildman–Crippen LogP) is 2.64. The van der Waals surface area contributed by atoms with Crippen LogP contribution in [0, 0.1) is 13.8 Å². The molecular weight excluding hydrogens is 324 g/mol. The van der Waals surface area contributed by atoms with Crippen LogP contribution in [-0.4, -0.2) is 34.0 Å². The van der Waals surface area contributed by atoms with Crippen LogP contribution in [0.15, 0.2) is 22.4 Å². The summed E-state index contributed by atoms with van der Waals surface area (Å²) in [7, 11) is 3.65. The molecule has 3 aromatic heterocycles. The molecule has 0 unspecified atom stereocenters. The van der Waals surface area contributed by atoms with E-state index in [0.29, 0.717) is 23.6 Å². The van der Waals surface area contributed by atoms with Gasteiger partial charge >= 0.3 is 0 Å². The first-order chi connectivity index (χ1) is 11.5. The zero-order valence-electron chi connectivity index (χ0n) is 14.2. The molecule has 0 amide bonds. The fourth-order valence-corrected chi connectivity index (χ4v) is 3.52. The molecule has 0 saturated carbocycles. The molecule has 7 heteroatoms. The molecule has 0 aromatic carbocycles. The molecule has 0 atom stereocenters. The number of aromatic amines is 1. The Kier molecular flexibility index (Phi) is 4.64. The van der Waals surface area contributed by atoms with Gasteiger partial charge in [-0.25, -0.2) is 4.98 Å². The van der Waals surface area contributed by atoms with Crippen molar-refractivity contribution in [1.29, 1.82) is 0 Å². The Hall–Kier alpha value is -2.25.